The maximum absolute atomic E-state index is 11.0. The van der Waals surface area contributed by atoms with E-state index < -0.39 is 34.4 Å². The molecule has 0 aliphatic rings. The molecule has 0 aromatic carbocycles. The van der Waals surface area contributed by atoms with Crippen molar-refractivity contribution in [3.63, 3.8) is 0 Å². The molecule has 0 unspecified atom stereocenters. The van der Waals surface area contributed by atoms with E-state index in [4.69, 9.17) is 4.55 Å². The van der Waals surface area contributed by atoms with E-state index in [9.17, 15) is 18.0 Å². The van der Waals surface area contributed by atoms with Gasteiger partial charge in [-0.25, -0.2) is 4.79 Å². The summed E-state index contributed by atoms with van der Waals surface area (Å²) in [6.07, 6.45) is 2.52. The Morgan fingerprint density at radius 3 is 2.33 bits per heavy atom. The molecule has 0 aliphatic carbocycles. The van der Waals surface area contributed by atoms with Gasteiger partial charge in [0, 0.05) is 6.08 Å². The molecule has 0 saturated carbocycles. The van der Waals surface area contributed by atoms with Gasteiger partial charge in [-0.05, 0) is 6.92 Å². The third-order valence-corrected chi connectivity index (χ3v) is 2.14. The molecule has 0 aromatic rings. The summed E-state index contributed by atoms with van der Waals surface area (Å²) in [4.78, 5) is 21.8. The van der Waals surface area contributed by atoms with Gasteiger partial charge in [-0.3, -0.25) is 9.35 Å². The molecule has 1 N–H and O–H groups in total. The monoisotopic (exact) mass is 308 g/mol. The van der Waals surface area contributed by atoms with Crippen LogP contribution in [-0.2, 0) is 29.2 Å². The second-order valence-electron chi connectivity index (χ2n) is 2.92. The van der Waals surface area contributed by atoms with Crippen LogP contribution in [0.25, 0.3) is 0 Å². The number of allylic oxidation sites excluding steroid dienone is 1. The van der Waals surface area contributed by atoms with Gasteiger partial charge >= 0.3 is 49.7 Å². The van der Waals surface area contributed by atoms with Crippen LogP contribution < -0.4 is 0 Å². The van der Waals surface area contributed by atoms with Gasteiger partial charge in [0.1, 0.15) is 19.0 Å². The van der Waals surface area contributed by atoms with Gasteiger partial charge in [0.05, 0.1) is 6.42 Å². The number of ether oxygens (including phenoxy) is 2. The zero-order chi connectivity index (χ0) is 13.3. The minimum absolute atomic E-state index is 0. The molecule has 0 fully saturated rings. The van der Waals surface area contributed by atoms with Crippen LogP contribution >= 0.6 is 0 Å². The topological polar surface area (TPSA) is 107 Å². The molecule has 0 amide bonds. The number of carbonyl (C=O) groups excluding carboxylic acids is 2. The van der Waals surface area contributed by atoms with E-state index in [1.165, 1.54) is 12.2 Å². The van der Waals surface area contributed by atoms with Crippen molar-refractivity contribution in [3.05, 3.63) is 12.2 Å². The van der Waals surface area contributed by atoms with Gasteiger partial charge in [-0.2, -0.15) is 8.42 Å². The number of carbonyl (C=O) groups is 2. The molecule has 0 rings (SSSR count). The molecule has 0 aromatic heterocycles. The quantitative estimate of drug-likeness (QED) is 0.278. The standard InChI is InChI=1S/C9H14O7S.Ca.2H/c1-2-3-8(10)15-5-4-9(11)16-6-7-17(12,13)14;;;/h2-3H,4-7H2,1H3,(H,12,13,14);;;. The van der Waals surface area contributed by atoms with E-state index in [2.05, 4.69) is 9.47 Å². The first-order valence-electron chi connectivity index (χ1n) is 4.75. The van der Waals surface area contributed by atoms with E-state index in [1.54, 1.807) is 6.92 Å². The molecule has 18 heavy (non-hydrogen) atoms. The molecule has 0 spiro atoms. The summed E-state index contributed by atoms with van der Waals surface area (Å²) in [6, 6.07) is 0. The second-order valence-corrected chi connectivity index (χ2v) is 4.50. The molecule has 0 aliphatic heterocycles. The summed E-state index contributed by atoms with van der Waals surface area (Å²) in [5, 5.41) is 0. The number of rotatable bonds is 7. The predicted octanol–water partition coefficient (Wildman–Crippen LogP) is -0.989. The van der Waals surface area contributed by atoms with E-state index in [-0.39, 0.29) is 50.8 Å². The van der Waals surface area contributed by atoms with Gasteiger partial charge in [0.2, 0.25) is 0 Å². The van der Waals surface area contributed by atoms with Crippen LogP contribution in [0.3, 0.4) is 0 Å². The van der Waals surface area contributed by atoms with Gasteiger partial charge in [-0.15, -0.1) is 0 Å². The van der Waals surface area contributed by atoms with Crippen LogP contribution in [-0.4, -0.2) is 81.6 Å². The van der Waals surface area contributed by atoms with Gasteiger partial charge in [-0.1, -0.05) is 6.08 Å². The van der Waals surface area contributed by atoms with Crippen LogP contribution in [0, 0.1) is 0 Å². The molecule has 7 nitrogen and oxygen atoms in total. The summed E-state index contributed by atoms with van der Waals surface area (Å²) >= 11 is 0. The van der Waals surface area contributed by atoms with Crippen LogP contribution in [0.4, 0.5) is 0 Å². The van der Waals surface area contributed by atoms with Crippen LogP contribution in [0.5, 0.6) is 0 Å². The molecular weight excluding hydrogens is 292 g/mol. The molecule has 0 saturated heterocycles. The third-order valence-electron chi connectivity index (χ3n) is 1.46. The van der Waals surface area contributed by atoms with Gasteiger partial charge < -0.3 is 9.47 Å². The summed E-state index contributed by atoms with van der Waals surface area (Å²) in [6.45, 7) is 1.07. The van der Waals surface area contributed by atoms with Crippen molar-refractivity contribution in [2.75, 3.05) is 19.0 Å². The Morgan fingerprint density at radius 1 is 1.22 bits per heavy atom. The summed E-state index contributed by atoms with van der Waals surface area (Å²) in [7, 11) is -4.13. The minimum atomic E-state index is -4.13. The van der Waals surface area contributed by atoms with Crippen molar-refractivity contribution < 1.29 is 32.0 Å². The van der Waals surface area contributed by atoms with Gasteiger partial charge in [0.25, 0.3) is 10.1 Å². The first-order chi connectivity index (χ1) is 7.85. The Kier molecular flexibility index (Phi) is 12.0. The van der Waals surface area contributed by atoms with E-state index in [1.807, 2.05) is 0 Å². The van der Waals surface area contributed by atoms with E-state index in [0.29, 0.717) is 0 Å². The molecule has 102 valence electrons. The molecule has 9 heteroatoms. The molecule has 0 radical (unpaired) electrons. The molecule has 0 heterocycles. The molecule has 0 atom stereocenters. The zero-order valence-electron chi connectivity index (χ0n) is 9.29. The summed E-state index contributed by atoms with van der Waals surface area (Å²) in [5.41, 5.74) is 0. The summed E-state index contributed by atoms with van der Waals surface area (Å²) in [5.74, 6) is -1.93. The van der Waals surface area contributed by atoms with Crippen LogP contribution in [0.1, 0.15) is 13.3 Å². The Morgan fingerprint density at radius 2 is 1.83 bits per heavy atom. The Labute approximate surface area is 135 Å². The van der Waals surface area contributed by atoms with Crippen molar-refractivity contribution in [2.24, 2.45) is 0 Å². The first-order valence-corrected chi connectivity index (χ1v) is 6.36. The Balaban J connectivity index is 0. The normalized spacial score (nSPS) is 10.8. The van der Waals surface area contributed by atoms with Crippen molar-refractivity contribution in [1.29, 1.82) is 0 Å². The average Bonchev–Trinajstić information content (AvgIpc) is 2.16. The molecular formula is C9H16CaO7S. The van der Waals surface area contributed by atoms with Crippen molar-refractivity contribution in [3.8, 4) is 0 Å². The fraction of sp³-hybridized carbons (Fsp3) is 0.556. The third kappa shape index (κ3) is 13.9. The van der Waals surface area contributed by atoms with Gasteiger partial charge in [0.15, 0.2) is 0 Å². The van der Waals surface area contributed by atoms with E-state index in [0.717, 1.165) is 0 Å². The second kappa shape index (κ2) is 10.7. The fourth-order valence-electron chi connectivity index (χ4n) is 0.752. The Hall–Kier alpha value is -0.150. The first kappa shape index (κ1) is 20.2. The van der Waals surface area contributed by atoms with Crippen molar-refractivity contribution in [2.45, 2.75) is 13.3 Å². The number of hydrogen-bond acceptors (Lipinski definition) is 6. The number of hydrogen-bond donors (Lipinski definition) is 1. The fourth-order valence-corrected chi connectivity index (χ4v) is 1.05. The van der Waals surface area contributed by atoms with Crippen molar-refractivity contribution >= 4 is 59.8 Å². The molecule has 0 bridgehead atoms. The Bertz CT molecular complexity index is 388. The zero-order valence-corrected chi connectivity index (χ0v) is 10.1. The SMILES string of the molecule is CC=CC(=O)OCCC(=O)OCCS(=O)(=O)O.[CaH2]. The average molecular weight is 308 g/mol. The summed E-state index contributed by atoms with van der Waals surface area (Å²) < 4.78 is 38.0. The van der Waals surface area contributed by atoms with E-state index >= 15 is 0 Å². The van der Waals surface area contributed by atoms with Crippen LogP contribution in [0.2, 0.25) is 0 Å². The number of esters is 2. The van der Waals surface area contributed by atoms with Crippen LogP contribution in [0.15, 0.2) is 12.2 Å². The van der Waals surface area contributed by atoms with Crippen molar-refractivity contribution in [1.82, 2.24) is 0 Å². The predicted molar refractivity (Wildman–Crippen MR) is 66.3 cm³/mol. The maximum atomic E-state index is 11.0.